The molecule has 2 fully saturated rings. The lowest BCUT2D eigenvalue weighted by Crippen LogP contribution is -2.20. The lowest BCUT2D eigenvalue weighted by molar-refractivity contribution is 0.348. The molecule has 0 aliphatic heterocycles. The zero-order valence-electron chi connectivity index (χ0n) is 10.4. The molecular weight excluding hydrogens is 242 g/mol. The standard InChI is InChI=1S/C14H19N3S/c15-14(18)11-3-4-16-13(7-11)17-8-12-6-9-1-2-10(12)5-9/h3-4,7,9-10,12H,1-2,5-6,8H2,(H2,15,18)(H,16,17). The largest absolute Gasteiger partial charge is 0.389 e. The molecule has 0 aromatic carbocycles. The molecule has 0 radical (unpaired) electrons. The number of nitrogens with two attached hydrogens (primary N) is 1. The molecule has 4 heteroatoms. The highest BCUT2D eigenvalue weighted by molar-refractivity contribution is 7.80. The van der Waals surface area contributed by atoms with E-state index in [1.165, 1.54) is 25.7 Å². The Kier molecular flexibility index (Phi) is 3.20. The first-order valence-corrected chi connectivity index (χ1v) is 7.13. The van der Waals surface area contributed by atoms with Crippen molar-refractivity contribution in [1.29, 1.82) is 0 Å². The van der Waals surface area contributed by atoms with Crippen molar-refractivity contribution < 1.29 is 0 Å². The van der Waals surface area contributed by atoms with Crippen molar-refractivity contribution in [3.8, 4) is 0 Å². The van der Waals surface area contributed by atoms with Crippen LogP contribution in [0.2, 0.25) is 0 Å². The number of anilines is 1. The van der Waals surface area contributed by atoms with Crippen molar-refractivity contribution in [2.24, 2.45) is 23.5 Å². The number of hydrogen-bond acceptors (Lipinski definition) is 3. The Hall–Kier alpha value is -1.16. The van der Waals surface area contributed by atoms with Crippen LogP contribution in [0.4, 0.5) is 5.82 Å². The molecule has 3 nitrogen and oxygen atoms in total. The van der Waals surface area contributed by atoms with Gasteiger partial charge in [0.1, 0.15) is 10.8 Å². The van der Waals surface area contributed by atoms with Crippen molar-refractivity contribution in [1.82, 2.24) is 4.98 Å². The van der Waals surface area contributed by atoms with E-state index in [0.717, 1.165) is 35.7 Å². The normalized spacial score (nSPS) is 29.4. The average Bonchev–Trinajstić information content (AvgIpc) is 2.99. The number of pyridine rings is 1. The zero-order valence-corrected chi connectivity index (χ0v) is 11.2. The summed E-state index contributed by atoms with van der Waals surface area (Å²) in [6.07, 6.45) is 7.49. The van der Waals surface area contributed by atoms with Gasteiger partial charge in [0.05, 0.1) is 0 Å². The second-order valence-corrected chi connectivity index (χ2v) is 6.05. The van der Waals surface area contributed by atoms with E-state index in [9.17, 15) is 0 Å². The fraction of sp³-hybridized carbons (Fsp3) is 0.571. The fourth-order valence-corrected chi connectivity index (χ4v) is 3.67. The Morgan fingerprint density at radius 1 is 1.44 bits per heavy atom. The van der Waals surface area contributed by atoms with E-state index in [4.69, 9.17) is 18.0 Å². The van der Waals surface area contributed by atoms with E-state index in [2.05, 4.69) is 10.3 Å². The number of thiocarbonyl (C=S) groups is 1. The van der Waals surface area contributed by atoms with Gasteiger partial charge in [-0.15, -0.1) is 0 Å². The van der Waals surface area contributed by atoms with E-state index in [0.29, 0.717) is 4.99 Å². The van der Waals surface area contributed by atoms with Crippen LogP contribution in [-0.4, -0.2) is 16.5 Å². The van der Waals surface area contributed by atoms with Crippen molar-refractivity contribution in [2.45, 2.75) is 25.7 Å². The van der Waals surface area contributed by atoms with Crippen LogP contribution in [0.5, 0.6) is 0 Å². The minimum atomic E-state index is 0.431. The monoisotopic (exact) mass is 261 g/mol. The van der Waals surface area contributed by atoms with Crippen LogP contribution in [0, 0.1) is 17.8 Å². The quantitative estimate of drug-likeness (QED) is 0.818. The Morgan fingerprint density at radius 3 is 3.00 bits per heavy atom. The summed E-state index contributed by atoms with van der Waals surface area (Å²) in [7, 11) is 0. The molecule has 0 spiro atoms. The molecule has 18 heavy (non-hydrogen) atoms. The molecule has 3 N–H and O–H groups in total. The van der Waals surface area contributed by atoms with Crippen LogP contribution in [0.3, 0.4) is 0 Å². The van der Waals surface area contributed by atoms with Gasteiger partial charge in [0.2, 0.25) is 0 Å². The van der Waals surface area contributed by atoms with Crippen molar-refractivity contribution >= 4 is 23.0 Å². The SMILES string of the molecule is NC(=S)c1ccnc(NCC2CC3CCC2C3)c1. The molecular formula is C14H19N3S. The molecule has 2 bridgehead atoms. The number of hydrogen-bond donors (Lipinski definition) is 2. The number of fused-ring (bicyclic) bond motifs is 2. The van der Waals surface area contributed by atoms with Gasteiger partial charge in [-0.1, -0.05) is 18.6 Å². The molecule has 2 aliphatic carbocycles. The van der Waals surface area contributed by atoms with Gasteiger partial charge in [-0.05, 0) is 49.1 Å². The number of rotatable bonds is 4. The molecule has 2 saturated carbocycles. The number of nitrogens with one attached hydrogen (secondary N) is 1. The first-order chi connectivity index (χ1) is 8.72. The molecule has 96 valence electrons. The molecule has 1 aromatic heterocycles. The summed E-state index contributed by atoms with van der Waals surface area (Å²) in [5.41, 5.74) is 6.51. The van der Waals surface area contributed by atoms with Gasteiger partial charge >= 0.3 is 0 Å². The Bertz CT molecular complexity index is 460. The predicted molar refractivity (Wildman–Crippen MR) is 77.6 cm³/mol. The summed E-state index contributed by atoms with van der Waals surface area (Å²) in [6.45, 7) is 1.04. The fourth-order valence-electron chi connectivity index (χ4n) is 3.54. The van der Waals surface area contributed by atoms with Crippen LogP contribution >= 0.6 is 12.2 Å². The molecule has 3 rings (SSSR count). The maximum Gasteiger partial charge on any atom is 0.126 e. The third kappa shape index (κ3) is 2.34. The average molecular weight is 261 g/mol. The van der Waals surface area contributed by atoms with Gasteiger partial charge in [-0.25, -0.2) is 4.98 Å². The Balaban J connectivity index is 1.60. The van der Waals surface area contributed by atoms with Gasteiger partial charge in [0.15, 0.2) is 0 Å². The van der Waals surface area contributed by atoms with Crippen molar-refractivity contribution in [3.63, 3.8) is 0 Å². The van der Waals surface area contributed by atoms with Crippen LogP contribution < -0.4 is 11.1 Å². The van der Waals surface area contributed by atoms with Gasteiger partial charge in [-0.2, -0.15) is 0 Å². The summed E-state index contributed by atoms with van der Waals surface area (Å²) in [5, 5.41) is 3.44. The third-order valence-corrected chi connectivity index (χ3v) is 4.71. The van der Waals surface area contributed by atoms with Crippen molar-refractivity contribution in [3.05, 3.63) is 23.9 Å². The van der Waals surface area contributed by atoms with Crippen molar-refractivity contribution in [2.75, 3.05) is 11.9 Å². The second kappa shape index (κ2) is 4.84. The molecule has 3 atom stereocenters. The molecule has 3 unspecified atom stereocenters. The van der Waals surface area contributed by atoms with E-state index < -0.39 is 0 Å². The lowest BCUT2D eigenvalue weighted by atomic mass is 9.89. The number of nitrogens with zero attached hydrogens (tertiary/aromatic N) is 1. The van der Waals surface area contributed by atoms with Gasteiger partial charge in [-0.3, -0.25) is 0 Å². The minimum absolute atomic E-state index is 0.431. The first kappa shape index (κ1) is 11.9. The third-order valence-electron chi connectivity index (χ3n) is 4.47. The summed E-state index contributed by atoms with van der Waals surface area (Å²) < 4.78 is 0. The smallest absolute Gasteiger partial charge is 0.126 e. The topological polar surface area (TPSA) is 50.9 Å². The van der Waals surface area contributed by atoms with E-state index in [1.54, 1.807) is 6.20 Å². The highest BCUT2D eigenvalue weighted by atomic mass is 32.1. The van der Waals surface area contributed by atoms with Crippen LogP contribution in [0.15, 0.2) is 18.3 Å². The summed E-state index contributed by atoms with van der Waals surface area (Å²) >= 11 is 4.98. The summed E-state index contributed by atoms with van der Waals surface area (Å²) in [5.74, 6) is 3.67. The maximum absolute atomic E-state index is 5.63. The van der Waals surface area contributed by atoms with E-state index in [1.807, 2.05) is 12.1 Å². The molecule has 2 aliphatic rings. The van der Waals surface area contributed by atoms with Crippen LogP contribution in [0.25, 0.3) is 0 Å². The Labute approximate surface area is 113 Å². The zero-order chi connectivity index (χ0) is 12.5. The highest BCUT2D eigenvalue weighted by Crippen LogP contribution is 2.48. The molecule has 1 aromatic rings. The Morgan fingerprint density at radius 2 is 2.33 bits per heavy atom. The van der Waals surface area contributed by atoms with Gasteiger partial charge in [0.25, 0.3) is 0 Å². The van der Waals surface area contributed by atoms with Gasteiger partial charge < -0.3 is 11.1 Å². The van der Waals surface area contributed by atoms with Gasteiger partial charge in [0, 0.05) is 18.3 Å². The second-order valence-electron chi connectivity index (χ2n) is 5.61. The molecule has 0 amide bonds. The molecule has 1 heterocycles. The predicted octanol–water partition coefficient (Wildman–Crippen LogP) is 2.56. The lowest BCUT2D eigenvalue weighted by Gasteiger charge is -2.22. The minimum Gasteiger partial charge on any atom is -0.389 e. The highest BCUT2D eigenvalue weighted by Gasteiger charge is 2.39. The summed E-state index contributed by atoms with van der Waals surface area (Å²) in [4.78, 5) is 4.75. The summed E-state index contributed by atoms with van der Waals surface area (Å²) in [6, 6.07) is 3.79. The van der Waals surface area contributed by atoms with Crippen LogP contribution in [0.1, 0.15) is 31.2 Å². The van der Waals surface area contributed by atoms with Crippen LogP contribution in [-0.2, 0) is 0 Å². The molecule has 0 saturated heterocycles. The van der Waals surface area contributed by atoms with E-state index >= 15 is 0 Å². The maximum atomic E-state index is 5.63. The first-order valence-electron chi connectivity index (χ1n) is 6.72. The van der Waals surface area contributed by atoms with E-state index in [-0.39, 0.29) is 0 Å². The number of aromatic nitrogens is 1.